The molecule has 1 amide bonds. The summed E-state index contributed by atoms with van der Waals surface area (Å²) >= 11 is 1.99. The fraction of sp³-hybridized carbons (Fsp3) is 0.583. The smallest absolute Gasteiger partial charge is 0.287 e. The Morgan fingerprint density at radius 2 is 2.50 bits per heavy atom. The second kappa shape index (κ2) is 5.43. The number of hydrogen-bond donors (Lipinski definition) is 1. The molecule has 0 saturated heterocycles. The Morgan fingerprint density at radius 3 is 3.19 bits per heavy atom. The van der Waals surface area contributed by atoms with Crippen molar-refractivity contribution in [3.63, 3.8) is 0 Å². The van der Waals surface area contributed by atoms with E-state index in [1.165, 1.54) is 12.7 Å². The highest BCUT2D eigenvalue weighted by molar-refractivity contribution is 7.99. The Labute approximate surface area is 100.0 Å². The Hall–Kier alpha value is -0.900. The minimum atomic E-state index is -0.0860. The van der Waals surface area contributed by atoms with Gasteiger partial charge >= 0.3 is 0 Å². The molecule has 1 saturated carbocycles. The van der Waals surface area contributed by atoms with Crippen molar-refractivity contribution < 1.29 is 9.21 Å². The Morgan fingerprint density at radius 1 is 1.62 bits per heavy atom. The minimum Gasteiger partial charge on any atom is -0.459 e. The molecule has 1 N–H and O–H groups in total. The molecule has 1 fully saturated rings. The van der Waals surface area contributed by atoms with Gasteiger partial charge in [-0.1, -0.05) is 6.92 Å². The number of rotatable bonds is 4. The van der Waals surface area contributed by atoms with E-state index in [1.807, 2.05) is 11.8 Å². The van der Waals surface area contributed by atoms with Crippen molar-refractivity contribution >= 4 is 17.7 Å². The van der Waals surface area contributed by atoms with Gasteiger partial charge < -0.3 is 9.73 Å². The van der Waals surface area contributed by atoms with Crippen molar-refractivity contribution in [1.82, 2.24) is 5.32 Å². The van der Waals surface area contributed by atoms with Crippen LogP contribution in [-0.2, 0) is 0 Å². The largest absolute Gasteiger partial charge is 0.459 e. The molecule has 88 valence electrons. The molecule has 1 aliphatic carbocycles. The molecule has 2 unspecified atom stereocenters. The predicted molar refractivity (Wildman–Crippen MR) is 65.7 cm³/mol. The van der Waals surface area contributed by atoms with Gasteiger partial charge in [-0.2, -0.15) is 11.8 Å². The van der Waals surface area contributed by atoms with E-state index in [9.17, 15) is 4.79 Å². The molecule has 0 bridgehead atoms. The maximum absolute atomic E-state index is 11.7. The summed E-state index contributed by atoms with van der Waals surface area (Å²) in [6.45, 7) is 2.18. The van der Waals surface area contributed by atoms with E-state index in [2.05, 4.69) is 12.2 Å². The van der Waals surface area contributed by atoms with Crippen LogP contribution in [0.4, 0.5) is 0 Å². The van der Waals surface area contributed by atoms with Crippen molar-refractivity contribution in [3.8, 4) is 0 Å². The highest BCUT2D eigenvalue weighted by atomic mass is 32.2. The molecule has 2 atom stereocenters. The highest BCUT2D eigenvalue weighted by Crippen LogP contribution is 2.29. The summed E-state index contributed by atoms with van der Waals surface area (Å²) in [5.74, 6) is 1.48. The molecule has 1 aromatic heterocycles. The van der Waals surface area contributed by atoms with E-state index in [4.69, 9.17) is 4.42 Å². The molecule has 0 aliphatic heterocycles. The van der Waals surface area contributed by atoms with E-state index in [0.717, 1.165) is 18.6 Å². The third kappa shape index (κ3) is 2.82. The van der Waals surface area contributed by atoms with Crippen LogP contribution in [0.15, 0.2) is 22.8 Å². The monoisotopic (exact) mass is 239 g/mol. The number of amides is 1. The Balaban J connectivity index is 1.81. The topological polar surface area (TPSA) is 42.2 Å². The Kier molecular flexibility index (Phi) is 3.93. The van der Waals surface area contributed by atoms with Gasteiger partial charge in [0.15, 0.2) is 5.76 Å². The molecule has 0 spiro atoms. The summed E-state index contributed by atoms with van der Waals surface area (Å²) in [5, 5.41) is 3.74. The normalized spacial score (nSPS) is 24.6. The molecule has 0 aromatic carbocycles. The Bertz CT molecular complexity index is 337. The standard InChI is InChI=1S/C12H17NO2S/c1-2-16-10-6-5-9(8-10)13-12(14)11-4-3-7-15-11/h3-4,7,9-10H,2,5-6,8H2,1H3,(H,13,14). The number of nitrogens with one attached hydrogen (secondary N) is 1. The van der Waals surface area contributed by atoms with Crippen molar-refractivity contribution in [2.75, 3.05) is 5.75 Å². The van der Waals surface area contributed by atoms with Crippen molar-refractivity contribution in [1.29, 1.82) is 0 Å². The fourth-order valence-electron chi connectivity index (χ4n) is 2.12. The van der Waals surface area contributed by atoms with Crippen LogP contribution in [0.2, 0.25) is 0 Å². The fourth-order valence-corrected chi connectivity index (χ4v) is 3.27. The van der Waals surface area contributed by atoms with Gasteiger partial charge in [0.1, 0.15) is 0 Å². The zero-order valence-corrected chi connectivity index (χ0v) is 10.3. The first-order valence-electron chi connectivity index (χ1n) is 5.75. The lowest BCUT2D eigenvalue weighted by atomic mass is 10.2. The molecular formula is C12H17NO2S. The quantitative estimate of drug-likeness (QED) is 0.878. The number of thioether (sulfide) groups is 1. The summed E-state index contributed by atoms with van der Waals surface area (Å²) in [6, 6.07) is 3.75. The van der Waals surface area contributed by atoms with Gasteiger partial charge in [0.25, 0.3) is 5.91 Å². The maximum Gasteiger partial charge on any atom is 0.287 e. The average molecular weight is 239 g/mol. The molecule has 1 aliphatic rings. The van der Waals surface area contributed by atoms with E-state index in [-0.39, 0.29) is 5.91 Å². The molecule has 1 heterocycles. The van der Waals surface area contributed by atoms with E-state index in [1.54, 1.807) is 12.1 Å². The number of furan rings is 1. The highest BCUT2D eigenvalue weighted by Gasteiger charge is 2.26. The van der Waals surface area contributed by atoms with Crippen molar-refractivity contribution in [2.45, 2.75) is 37.5 Å². The first-order chi connectivity index (χ1) is 7.79. The molecular weight excluding hydrogens is 222 g/mol. The van der Waals surface area contributed by atoms with Crippen molar-refractivity contribution in [2.24, 2.45) is 0 Å². The third-order valence-corrected chi connectivity index (χ3v) is 4.10. The van der Waals surface area contributed by atoms with Gasteiger partial charge in [0.05, 0.1) is 6.26 Å². The van der Waals surface area contributed by atoms with Crippen LogP contribution in [-0.4, -0.2) is 23.0 Å². The SMILES string of the molecule is CCSC1CCC(NC(=O)c2ccco2)C1. The lowest BCUT2D eigenvalue weighted by Gasteiger charge is -2.11. The maximum atomic E-state index is 11.7. The lowest BCUT2D eigenvalue weighted by molar-refractivity contribution is 0.0910. The second-order valence-electron chi connectivity index (χ2n) is 4.04. The summed E-state index contributed by atoms with van der Waals surface area (Å²) in [7, 11) is 0. The minimum absolute atomic E-state index is 0.0860. The van der Waals surface area contributed by atoms with Crippen LogP contribution in [0.1, 0.15) is 36.7 Å². The average Bonchev–Trinajstić information content (AvgIpc) is 2.89. The third-order valence-electron chi connectivity index (χ3n) is 2.87. The van der Waals surface area contributed by atoms with Gasteiger partial charge in [-0.3, -0.25) is 4.79 Å². The van der Waals surface area contributed by atoms with Crippen LogP contribution in [0.25, 0.3) is 0 Å². The summed E-state index contributed by atoms with van der Waals surface area (Å²) < 4.78 is 5.06. The first-order valence-corrected chi connectivity index (χ1v) is 6.80. The molecule has 0 radical (unpaired) electrons. The van der Waals surface area contributed by atoms with Crippen LogP contribution < -0.4 is 5.32 Å². The number of carbonyl (C=O) groups excluding carboxylic acids is 1. The van der Waals surface area contributed by atoms with Gasteiger partial charge in [0.2, 0.25) is 0 Å². The van der Waals surface area contributed by atoms with Gasteiger partial charge in [0, 0.05) is 11.3 Å². The van der Waals surface area contributed by atoms with Gasteiger partial charge in [-0.25, -0.2) is 0 Å². The van der Waals surface area contributed by atoms with Crippen molar-refractivity contribution in [3.05, 3.63) is 24.2 Å². The number of carbonyl (C=O) groups is 1. The summed E-state index contributed by atoms with van der Waals surface area (Å²) in [4.78, 5) is 11.7. The van der Waals surface area contributed by atoms with Gasteiger partial charge in [-0.05, 0) is 37.1 Å². The molecule has 2 rings (SSSR count). The molecule has 16 heavy (non-hydrogen) atoms. The predicted octanol–water partition coefficient (Wildman–Crippen LogP) is 2.68. The van der Waals surface area contributed by atoms with Crippen LogP contribution in [0.5, 0.6) is 0 Å². The zero-order valence-electron chi connectivity index (χ0n) is 9.44. The summed E-state index contributed by atoms with van der Waals surface area (Å²) in [6.07, 6.45) is 4.91. The molecule has 1 aromatic rings. The lowest BCUT2D eigenvalue weighted by Crippen LogP contribution is -2.32. The van der Waals surface area contributed by atoms with Crippen LogP contribution >= 0.6 is 11.8 Å². The molecule has 3 nitrogen and oxygen atoms in total. The van der Waals surface area contributed by atoms with Gasteiger partial charge in [-0.15, -0.1) is 0 Å². The number of hydrogen-bond acceptors (Lipinski definition) is 3. The summed E-state index contributed by atoms with van der Waals surface area (Å²) in [5.41, 5.74) is 0. The van der Waals surface area contributed by atoms with E-state index >= 15 is 0 Å². The second-order valence-corrected chi connectivity index (χ2v) is 5.62. The molecule has 4 heteroatoms. The first kappa shape index (κ1) is 11.6. The van der Waals surface area contributed by atoms with E-state index in [0.29, 0.717) is 17.1 Å². The van der Waals surface area contributed by atoms with Crippen LogP contribution in [0, 0.1) is 0 Å². The van der Waals surface area contributed by atoms with Crippen LogP contribution in [0.3, 0.4) is 0 Å². The van der Waals surface area contributed by atoms with E-state index < -0.39 is 0 Å². The zero-order chi connectivity index (χ0) is 11.4.